The van der Waals surface area contributed by atoms with Crippen LogP contribution in [0.3, 0.4) is 0 Å². The van der Waals surface area contributed by atoms with Crippen LogP contribution in [-0.4, -0.2) is 63.5 Å². The number of ether oxygens (including phenoxy) is 5. The fraction of sp³-hybridized carbons (Fsp3) is 0.714. The minimum absolute atomic E-state index is 0.0255. The molecule has 3 aliphatic rings. The molecule has 0 spiro atoms. The molecular formula is C14H20O9. The quantitative estimate of drug-likeness (QED) is 0.437. The number of cyclic esters (lactones) is 4. The van der Waals surface area contributed by atoms with Gasteiger partial charge < -0.3 is 23.7 Å². The third-order valence-electron chi connectivity index (χ3n) is 2.70. The maximum absolute atomic E-state index is 10.5. The first-order valence-electron chi connectivity index (χ1n) is 7.28. The molecule has 0 unspecified atom stereocenters. The van der Waals surface area contributed by atoms with Gasteiger partial charge in [0.25, 0.3) is 0 Å². The van der Waals surface area contributed by atoms with Crippen molar-refractivity contribution in [1.82, 2.24) is 0 Å². The van der Waals surface area contributed by atoms with Crippen LogP contribution in [0.1, 0.15) is 25.7 Å². The van der Waals surface area contributed by atoms with Gasteiger partial charge in [0.2, 0.25) is 0 Å². The van der Waals surface area contributed by atoms with Crippen molar-refractivity contribution in [2.45, 2.75) is 25.7 Å². The second-order valence-electron chi connectivity index (χ2n) is 4.63. The lowest BCUT2D eigenvalue weighted by Gasteiger charge is -2.09. The Morgan fingerprint density at radius 3 is 1.61 bits per heavy atom. The monoisotopic (exact) mass is 332 g/mol. The Balaban J connectivity index is 0.000000173. The van der Waals surface area contributed by atoms with Gasteiger partial charge in [0, 0.05) is 6.42 Å². The molecule has 0 bridgehead atoms. The molecule has 9 nitrogen and oxygen atoms in total. The summed E-state index contributed by atoms with van der Waals surface area (Å²) in [7, 11) is 0. The van der Waals surface area contributed by atoms with Gasteiger partial charge in [-0.25, -0.2) is 14.4 Å². The highest BCUT2D eigenvalue weighted by Crippen LogP contribution is 2.06. The first-order chi connectivity index (χ1) is 11.1. The maximum atomic E-state index is 10.5. The van der Waals surface area contributed by atoms with Crippen molar-refractivity contribution in [3.63, 3.8) is 0 Å². The molecule has 0 amide bonds. The van der Waals surface area contributed by atoms with Crippen LogP contribution >= 0.6 is 0 Å². The first kappa shape index (κ1) is 18.9. The summed E-state index contributed by atoms with van der Waals surface area (Å²) in [5.41, 5.74) is 0. The van der Waals surface area contributed by atoms with Crippen LogP contribution in [0.15, 0.2) is 0 Å². The highest BCUT2D eigenvalue weighted by Gasteiger charge is 2.16. The lowest BCUT2D eigenvalue weighted by atomic mass is 10.2. The van der Waals surface area contributed by atoms with E-state index in [1.165, 1.54) is 0 Å². The second-order valence-corrected chi connectivity index (χ2v) is 4.63. The van der Waals surface area contributed by atoms with Crippen molar-refractivity contribution >= 4 is 23.9 Å². The van der Waals surface area contributed by atoms with E-state index in [4.69, 9.17) is 9.47 Å². The van der Waals surface area contributed by atoms with E-state index in [2.05, 4.69) is 14.2 Å². The minimum atomic E-state index is -0.482. The van der Waals surface area contributed by atoms with E-state index in [0.717, 1.165) is 19.3 Å². The maximum Gasteiger partial charge on any atom is 0.344 e. The van der Waals surface area contributed by atoms with Gasteiger partial charge in [-0.05, 0) is 19.3 Å². The molecule has 0 saturated carbocycles. The number of hydrogen-bond acceptors (Lipinski definition) is 9. The molecule has 3 rings (SSSR count). The Bertz CT molecular complexity index is 372. The molecule has 0 radical (unpaired) electrons. The van der Waals surface area contributed by atoms with Gasteiger partial charge in [0.15, 0.2) is 13.2 Å². The number of carbonyl (C=O) groups is 4. The normalized spacial score (nSPS) is 20.9. The summed E-state index contributed by atoms with van der Waals surface area (Å²) in [6.07, 6.45) is 3.83. The Morgan fingerprint density at radius 1 is 0.522 bits per heavy atom. The van der Waals surface area contributed by atoms with Gasteiger partial charge in [-0.2, -0.15) is 0 Å². The second kappa shape index (κ2) is 11.4. The van der Waals surface area contributed by atoms with Gasteiger partial charge in [-0.3, -0.25) is 4.79 Å². The van der Waals surface area contributed by atoms with Gasteiger partial charge >= 0.3 is 23.9 Å². The van der Waals surface area contributed by atoms with Gasteiger partial charge in [-0.15, -0.1) is 0 Å². The van der Waals surface area contributed by atoms with Crippen molar-refractivity contribution in [2.24, 2.45) is 0 Å². The Morgan fingerprint density at radius 2 is 1.13 bits per heavy atom. The molecule has 0 aromatic heterocycles. The van der Waals surface area contributed by atoms with Crippen molar-refractivity contribution in [2.75, 3.05) is 39.6 Å². The lowest BCUT2D eigenvalue weighted by molar-refractivity contribution is -0.174. The average Bonchev–Trinajstić information content (AvgIpc) is 2.80. The first-order valence-corrected chi connectivity index (χ1v) is 7.28. The predicted octanol–water partition coefficient (Wildman–Crippen LogP) is -0.250. The highest BCUT2D eigenvalue weighted by molar-refractivity contribution is 5.82. The zero-order valence-corrected chi connectivity index (χ0v) is 12.7. The summed E-state index contributed by atoms with van der Waals surface area (Å²) >= 11 is 0. The summed E-state index contributed by atoms with van der Waals surface area (Å²) in [6.45, 7) is 1.25. The molecule has 0 N–H and O–H groups in total. The Kier molecular flexibility index (Phi) is 9.37. The van der Waals surface area contributed by atoms with Crippen LogP contribution in [0.2, 0.25) is 0 Å². The predicted molar refractivity (Wildman–Crippen MR) is 73.1 cm³/mol. The number of hydrogen-bond donors (Lipinski definition) is 0. The standard InChI is InChI=1S/C6H10O2.C4H4O4.C4H6O3/c7-6-4-2-1-3-5-8-6;5-3-1-7-4(6)2-8-3;5-4-3-6-1-2-7-4/h1-5H2;1-2H2;1-3H2. The van der Waals surface area contributed by atoms with Crippen molar-refractivity contribution < 1.29 is 42.9 Å². The molecule has 9 heteroatoms. The summed E-state index contributed by atoms with van der Waals surface area (Å²) in [5, 5.41) is 0. The van der Waals surface area contributed by atoms with E-state index in [1.807, 2.05) is 0 Å². The number of esters is 4. The van der Waals surface area contributed by atoms with Crippen LogP contribution < -0.4 is 0 Å². The van der Waals surface area contributed by atoms with Gasteiger partial charge in [0.1, 0.15) is 13.2 Å². The zero-order valence-electron chi connectivity index (χ0n) is 12.7. The number of rotatable bonds is 0. The molecule has 3 aliphatic heterocycles. The average molecular weight is 332 g/mol. The van der Waals surface area contributed by atoms with E-state index in [0.29, 0.717) is 26.2 Å². The van der Waals surface area contributed by atoms with Gasteiger partial charge in [0.05, 0.1) is 13.2 Å². The molecule has 23 heavy (non-hydrogen) atoms. The zero-order chi connectivity index (χ0) is 16.9. The third-order valence-corrected chi connectivity index (χ3v) is 2.70. The van der Waals surface area contributed by atoms with Crippen molar-refractivity contribution in [3.05, 3.63) is 0 Å². The van der Waals surface area contributed by atoms with Crippen LogP contribution in [0, 0.1) is 0 Å². The SMILES string of the molecule is O=C1CCCCCO1.O=C1COC(=O)CO1.O=C1COCCO1. The summed E-state index contributed by atoms with van der Waals surface area (Å²) in [6, 6.07) is 0. The number of carbonyl (C=O) groups excluding carboxylic acids is 4. The summed E-state index contributed by atoms with van der Waals surface area (Å²) in [5.74, 6) is -1.25. The van der Waals surface area contributed by atoms with E-state index in [1.54, 1.807) is 0 Å². The van der Waals surface area contributed by atoms with E-state index >= 15 is 0 Å². The lowest BCUT2D eigenvalue weighted by Crippen LogP contribution is -2.27. The molecule has 3 saturated heterocycles. The summed E-state index contributed by atoms with van der Waals surface area (Å²) in [4.78, 5) is 40.8. The van der Waals surface area contributed by atoms with Crippen molar-refractivity contribution in [1.29, 1.82) is 0 Å². The fourth-order valence-electron chi connectivity index (χ4n) is 1.58. The van der Waals surface area contributed by atoms with Crippen molar-refractivity contribution in [3.8, 4) is 0 Å². The largest absolute Gasteiger partial charge is 0.466 e. The molecule has 3 heterocycles. The highest BCUT2D eigenvalue weighted by atomic mass is 16.6. The molecular weight excluding hydrogens is 312 g/mol. The Hall–Kier alpha value is -2.16. The third kappa shape index (κ3) is 10.2. The minimum Gasteiger partial charge on any atom is -0.466 e. The topological polar surface area (TPSA) is 114 Å². The molecule has 3 fully saturated rings. The van der Waals surface area contributed by atoms with E-state index < -0.39 is 11.9 Å². The van der Waals surface area contributed by atoms with Crippen LogP contribution in [0.5, 0.6) is 0 Å². The van der Waals surface area contributed by atoms with E-state index in [9.17, 15) is 19.2 Å². The molecule has 0 atom stereocenters. The molecule has 0 aromatic rings. The van der Waals surface area contributed by atoms with Crippen LogP contribution in [0.4, 0.5) is 0 Å². The van der Waals surface area contributed by atoms with Crippen LogP contribution in [0.25, 0.3) is 0 Å². The molecule has 130 valence electrons. The fourth-order valence-corrected chi connectivity index (χ4v) is 1.58. The summed E-state index contributed by atoms with van der Waals surface area (Å²) < 4.78 is 22.5. The van der Waals surface area contributed by atoms with Gasteiger partial charge in [-0.1, -0.05) is 0 Å². The molecule has 0 aromatic carbocycles. The molecule has 0 aliphatic carbocycles. The van der Waals surface area contributed by atoms with Crippen LogP contribution in [-0.2, 0) is 42.9 Å². The van der Waals surface area contributed by atoms with E-state index in [-0.39, 0.29) is 31.8 Å². The Labute approximate surface area is 133 Å². The smallest absolute Gasteiger partial charge is 0.344 e.